The summed E-state index contributed by atoms with van der Waals surface area (Å²) in [6.45, 7) is 13.2. The third-order valence-corrected chi connectivity index (χ3v) is 7.03. The molecule has 0 bridgehead atoms. The fraction of sp³-hybridized carbons (Fsp3) is 0.429. The molecule has 2 aromatic heterocycles. The van der Waals surface area contributed by atoms with Gasteiger partial charge in [-0.1, -0.05) is 31.2 Å². The second-order valence-electron chi connectivity index (χ2n) is 9.48. The molecular formula is C28H37N5O2. The van der Waals surface area contributed by atoms with Gasteiger partial charge in [-0.25, -0.2) is 0 Å². The molecule has 1 atom stereocenters. The van der Waals surface area contributed by atoms with Crippen molar-refractivity contribution in [2.45, 2.75) is 52.6 Å². The van der Waals surface area contributed by atoms with Gasteiger partial charge in [0.2, 0.25) is 5.88 Å². The zero-order chi connectivity index (χ0) is 25.1. The maximum atomic E-state index is 12.4. The van der Waals surface area contributed by atoms with Crippen molar-refractivity contribution in [3.63, 3.8) is 0 Å². The summed E-state index contributed by atoms with van der Waals surface area (Å²) in [5.41, 5.74) is 6.61. The van der Waals surface area contributed by atoms with E-state index in [-0.39, 0.29) is 5.56 Å². The van der Waals surface area contributed by atoms with Crippen molar-refractivity contribution in [1.29, 1.82) is 0 Å². The van der Waals surface area contributed by atoms with Crippen molar-refractivity contribution < 1.29 is 4.74 Å². The third-order valence-electron chi connectivity index (χ3n) is 7.03. The fourth-order valence-corrected chi connectivity index (χ4v) is 4.81. The maximum absolute atomic E-state index is 12.4. The highest BCUT2D eigenvalue weighted by molar-refractivity contribution is 5.82. The molecule has 7 nitrogen and oxygen atoms in total. The first-order chi connectivity index (χ1) is 16.8. The molecule has 4 rings (SSSR count). The number of rotatable bonds is 8. The lowest BCUT2D eigenvalue weighted by atomic mass is 9.96. The molecule has 1 N–H and O–H groups in total. The molecule has 0 radical (unpaired) electrons. The average Bonchev–Trinajstić information content (AvgIpc) is 3.32. The standard InChI is InChI=1S/C28H37N5O2/c1-7-35-27-23(26(31(5)30-27)18-33-15-9-8-10-21(33)4)14-12-20(3)24-16-22(13-11-19(24)2)25-17-29-32(6)28(25)34/h11-14,16-17,21,29H,3,7-10,15,18H2,1-2,4-6H3/b14-12+/t21-/m1/s1. The third kappa shape index (κ3) is 5.20. The van der Waals surface area contributed by atoms with Crippen LogP contribution in [0.25, 0.3) is 22.8 Å². The quantitative estimate of drug-likeness (QED) is 0.470. The van der Waals surface area contributed by atoms with Gasteiger partial charge in [0.15, 0.2) is 0 Å². The lowest BCUT2D eigenvalue weighted by Crippen LogP contribution is -2.37. The lowest BCUT2D eigenvalue weighted by Gasteiger charge is -2.33. The molecule has 0 spiro atoms. The summed E-state index contributed by atoms with van der Waals surface area (Å²) < 4.78 is 9.32. The van der Waals surface area contributed by atoms with E-state index in [9.17, 15) is 4.79 Å². The molecular weight excluding hydrogens is 438 g/mol. The Morgan fingerprint density at radius 2 is 2.11 bits per heavy atom. The highest BCUT2D eigenvalue weighted by atomic mass is 16.5. The van der Waals surface area contributed by atoms with Crippen LogP contribution in [0.2, 0.25) is 0 Å². The first kappa shape index (κ1) is 24.8. The summed E-state index contributed by atoms with van der Waals surface area (Å²) in [7, 11) is 3.71. The van der Waals surface area contributed by atoms with Gasteiger partial charge >= 0.3 is 0 Å². The van der Waals surface area contributed by atoms with Crippen molar-refractivity contribution in [2.75, 3.05) is 13.2 Å². The predicted octanol–water partition coefficient (Wildman–Crippen LogP) is 4.92. The number of nitrogens with one attached hydrogen (secondary N) is 1. The molecule has 1 aliphatic rings. The number of ether oxygens (including phenoxy) is 1. The molecule has 7 heteroatoms. The molecule has 1 aromatic carbocycles. The fourth-order valence-electron chi connectivity index (χ4n) is 4.81. The van der Waals surface area contributed by atoms with E-state index in [0.717, 1.165) is 46.6 Å². The van der Waals surface area contributed by atoms with E-state index in [1.54, 1.807) is 13.2 Å². The molecule has 0 unspecified atom stereocenters. The van der Waals surface area contributed by atoms with Crippen LogP contribution in [-0.4, -0.2) is 43.7 Å². The van der Waals surface area contributed by atoms with Crippen LogP contribution in [0.15, 0.2) is 41.8 Å². The molecule has 0 aliphatic carbocycles. The number of hydrogen-bond acceptors (Lipinski definition) is 4. The van der Waals surface area contributed by atoms with Crippen molar-refractivity contribution in [2.24, 2.45) is 14.1 Å². The van der Waals surface area contributed by atoms with Crippen LogP contribution in [0.5, 0.6) is 5.88 Å². The first-order valence-corrected chi connectivity index (χ1v) is 12.5. The number of piperidine rings is 1. The van der Waals surface area contributed by atoms with E-state index in [1.807, 2.05) is 42.9 Å². The molecule has 1 aliphatic heterocycles. The highest BCUT2D eigenvalue weighted by Gasteiger charge is 2.23. The molecule has 0 saturated carbocycles. The van der Waals surface area contributed by atoms with Gasteiger partial charge in [-0.15, -0.1) is 5.10 Å². The SMILES string of the molecule is C=C(/C=C/c1c(OCC)nn(C)c1CN1CCCC[C@H]1C)c1cc(-c2c[nH]n(C)c2=O)ccc1C. The largest absolute Gasteiger partial charge is 0.476 e. The van der Waals surface area contributed by atoms with Gasteiger partial charge in [-0.3, -0.25) is 19.1 Å². The van der Waals surface area contributed by atoms with Crippen molar-refractivity contribution in [1.82, 2.24) is 24.5 Å². The van der Waals surface area contributed by atoms with Gasteiger partial charge < -0.3 is 9.84 Å². The average molecular weight is 476 g/mol. The Kier molecular flexibility index (Phi) is 7.45. The predicted molar refractivity (Wildman–Crippen MR) is 142 cm³/mol. The second kappa shape index (κ2) is 10.5. The van der Waals surface area contributed by atoms with Gasteiger partial charge in [-0.2, -0.15) is 0 Å². The Labute approximate surface area is 207 Å². The summed E-state index contributed by atoms with van der Waals surface area (Å²) in [5, 5.41) is 7.62. The van der Waals surface area contributed by atoms with Gasteiger partial charge in [0.05, 0.1) is 23.4 Å². The van der Waals surface area contributed by atoms with Gasteiger partial charge in [0.25, 0.3) is 5.56 Å². The van der Waals surface area contributed by atoms with E-state index in [4.69, 9.17) is 4.74 Å². The second-order valence-corrected chi connectivity index (χ2v) is 9.48. The van der Waals surface area contributed by atoms with Gasteiger partial charge in [0, 0.05) is 32.9 Å². The molecule has 1 fully saturated rings. The molecule has 35 heavy (non-hydrogen) atoms. The zero-order valence-electron chi connectivity index (χ0n) is 21.6. The molecule has 1 saturated heterocycles. The van der Waals surface area contributed by atoms with E-state index < -0.39 is 0 Å². The minimum atomic E-state index is -0.0470. The number of aromatic nitrogens is 4. The van der Waals surface area contributed by atoms with E-state index in [2.05, 4.69) is 41.6 Å². The minimum Gasteiger partial charge on any atom is -0.476 e. The van der Waals surface area contributed by atoms with Crippen LogP contribution in [0.4, 0.5) is 0 Å². The molecule has 0 amide bonds. The van der Waals surface area contributed by atoms with Crippen LogP contribution < -0.4 is 10.3 Å². The van der Waals surface area contributed by atoms with Crippen LogP contribution in [0.1, 0.15) is 55.5 Å². The lowest BCUT2D eigenvalue weighted by molar-refractivity contribution is 0.149. The van der Waals surface area contributed by atoms with E-state index >= 15 is 0 Å². The van der Waals surface area contributed by atoms with Gasteiger partial charge in [0.1, 0.15) is 0 Å². The Morgan fingerprint density at radius 3 is 2.80 bits per heavy atom. The zero-order valence-corrected chi connectivity index (χ0v) is 21.6. The summed E-state index contributed by atoms with van der Waals surface area (Å²) in [5.74, 6) is 0.653. The Balaban J connectivity index is 1.65. The molecule has 3 aromatic rings. The monoisotopic (exact) mass is 475 g/mol. The Bertz CT molecular complexity index is 1290. The van der Waals surface area contributed by atoms with Gasteiger partial charge in [-0.05, 0) is 74.6 Å². The number of H-pyrrole nitrogens is 1. The number of aromatic amines is 1. The number of benzene rings is 1. The summed E-state index contributed by atoms with van der Waals surface area (Å²) >= 11 is 0. The Hall–Kier alpha value is -3.32. The number of allylic oxidation sites excluding steroid dienone is 2. The molecule has 186 valence electrons. The number of likely N-dealkylation sites (tertiary alicyclic amines) is 1. The maximum Gasteiger partial charge on any atom is 0.274 e. The van der Waals surface area contributed by atoms with Crippen molar-refractivity contribution in [3.05, 3.63) is 69.8 Å². The first-order valence-electron chi connectivity index (χ1n) is 12.5. The summed E-state index contributed by atoms with van der Waals surface area (Å²) in [6, 6.07) is 6.62. The van der Waals surface area contributed by atoms with E-state index in [1.165, 1.54) is 23.9 Å². The van der Waals surface area contributed by atoms with Crippen molar-refractivity contribution >= 4 is 11.6 Å². The summed E-state index contributed by atoms with van der Waals surface area (Å²) in [4.78, 5) is 15.0. The van der Waals surface area contributed by atoms with Crippen LogP contribution >= 0.6 is 0 Å². The van der Waals surface area contributed by atoms with Crippen molar-refractivity contribution in [3.8, 4) is 17.0 Å². The molecule has 3 heterocycles. The topological polar surface area (TPSA) is 68.1 Å². The van der Waals surface area contributed by atoms with E-state index in [0.29, 0.717) is 24.1 Å². The number of aryl methyl sites for hydroxylation is 3. The number of nitrogens with zero attached hydrogens (tertiary/aromatic N) is 4. The van der Waals surface area contributed by atoms with Crippen LogP contribution in [-0.2, 0) is 20.6 Å². The Morgan fingerprint density at radius 1 is 1.31 bits per heavy atom. The number of hydrogen-bond donors (Lipinski definition) is 1. The minimum absolute atomic E-state index is 0.0470. The summed E-state index contributed by atoms with van der Waals surface area (Å²) in [6.07, 6.45) is 9.62. The normalized spacial score (nSPS) is 16.8. The van der Waals surface area contributed by atoms with Crippen LogP contribution in [0, 0.1) is 6.92 Å². The highest BCUT2D eigenvalue weighted by Crippen LogP contribution is 2.30. The van der Waals surface area contributed by atoms with Crippen LogP contribution in [0.3, 0.4) is 0 Å². The smallest absolute Gasteiger partial charge is 0.274 e.